The molecule has 1 saturated heterocycles. The maximum Gasteiger partial charge on any atom is 0.213 e. The van der Waals surface area contributed by atoms with Gasteiger partial charge in [-0.25, -0.2) is 9.37 Å². The number of piperidine rings is 1. The van der Waals surface area contributed by atoms with Crippen LogP contribution in [0.5, 0.6) is 11.6 Å². The minimum Gasteiger partial charge on any atom is -0.486 e. The molecular weight excluding hydrogens is 211 g/mol. The van der Waals surface area contributed by atoms with E-state index in [-0.39, 0.29) is 6.10 Å². The monoisotopic (exact) mass is 226 g/mol. The summed E-state index contributed by atoms with van der Waals surface area (Å²) in [7, 11) is 1.55. The fourth-order valence-corrected chi connectivity index (χ4v) is 1.66. The zero-order chi connectivity index (χ0) is 11.4. The Bertz CT molecular complexity index is 331. The molecule has 1 N–H and O–H groups in total. The van der Waals surface area contributed by atoms with Crippen LogP contribution in [0.25, 0.3) is 0 Å². The largest absolute Gasteiger partial charge is 0.486 e. The Morgan fingerprint density at radius 1 is 1.50 bits per heavy atom. The third-order valence-corrected chi connectivity index (χ3v) is 2.55. The van der Waals surface area contributed by atoms with Crippen molar-refractivity contribution in [1.82, 2.24) is 10.3 Å². The molecule has 1 aromatic rings. The van der Waals surface area contributed by atoms with E-state index in [2.05, 4.69) is 10.3 Å². The Labute approximate surface area is 93.8 Å². The van der Waals surface area contributed by atoms with Crippen LogP contribution in [0, 0.1) is 0 Å². The summed E-state index contributed by atoms with van der Waals surface area (Å²) in [4.78, 5) is 4.00. The average molecular weight is 226 g/mol. The van der Waals surface area contributed by atoms with Crippen LogP contribution in [0.2, 0.25) is 0 Å². The van der Waals surface area contributed by atoms with Gasteiger partial charge in [-0.2, -0.15) is 0 Å². The van der Waals surface area contributed by atoms with E-state index in [1.54, 1.807) is 25.4 Å². The zero-order valence-electron chi connectivity index (χ0n) is 9.15. The van der Waals surface area contributed by atoms with Crippen molar-refractivity contribution in [2.24, 2.45) is 0 Å². The highest BCUT2D eigenvalue weighted by Gasteiger charge is 2.26. The second kappa shape index (κ2) is 5.12. The van der Waals surface area contributed by atoms with Crippen molar-refractivity contribution in [3.63, 3.8) is 0 Å². The molecule has 0 bridgehead atoms. The lowest BCUT2D eigenvalue weighted by molar-refractivity contribution is 0.0727. The van der Waals surface area contributed by atoms with Crippen LogP contribution in [0.4, 0.5) is 4.39 Å². The first-order valence-electron chi connectivity index (χ1n) is 5.31. The number of pyridine rings is 1. The van der Waals surface area contributed by atoms with Gasteiger partial charge in [0.2, 0.25) is 5.88 Å². The normalized spacial score (nSPS) is 25.1. The molecule has 0 spiro atoms. The van der Waals surface area contributed by atoms with Gasteiger partial charge in [0.1, 0.15) is 18.0 Å². The molecule has 5 heteroatoms. The lowest BCUT2D eigenvalue weighted by Crippen LogP contribution is -2.44. The number of alkyl halides is 1. The summed E-state index contributed by atoms with van der Waals surface area (Å²) in [6.45, 7) is 1.14. The Kier molecular flexibility index (Phi) is 3.56. The van der Waals surface area contributed by atoms with Crippen molar-refractivity contribution in [1.29, 1.82) is 0 Å². The van der Waals surface area contributed by atoms with E-state index in [0.717, 1.165) is 6.54 Å². The highest BCUT2D eigenvalue weighted by Crippen LogP contribution is 2.19. The first kappa shape index (κ1) is 11.1. The molecule has 4 nitrogen and oxygen atoms in total. The molecule has 1 fully saturated rings. The number of rotatable bonds is 3. The van der Waals surface area contributed by atoms with Crippen LogP contribution in [0.15, 0.2) is 18.3 Å². The third kappa shape index (κ3) is 2.61. The molecule has 2 rings (SSSR count). The van der Waals surface area contributed by atoms with Crippen LogP contribution in [0.3, 0.4) is 0 Å². The molecule has 0 amide bonds. The Morgan fingerprint density at radius 3 is 3.00 bits per heavy atom. The fraction of sp³-hybridized carbons (Fsp3) is 0.545. The van der Waals surface area contributed by atoms with E-state index in [9.17, 15) is 4.39 Å². The van der Waals surface area contributed by atoms with Crippen LogP contribution in [0.1, 0.15) is 6.42 Å². The van der Waals surface area contributed by atoms with E-state index in [0.29, 0.717) is 24.6 Å². The molecule has 0 saturated carbocycles. The van der Waals surface area contributed by atoms with Gasteiger partial charge >= 0.3 is 0 Å². The maximum atomic E-state index is 13.4. The second-order valence-electron chi connectivity index (χ2n) is 3.70. The number of aromatic nitrogens is 1. The van der Waals surface area contributed by atoms with Crippen LogP contribution in [-0.4, -0.2) is 37.5 Å². The first-order valence-corrected chi connectivity index (χ1v) is 5.31. The topological polar surface area (TPSA) is 43.4 Å². The Hall–Kier alpha value is -1.36. The predicted molar refractivity (Wildman–Crippen MR) is 57.6 cm³/mol. The van der Waals surface area contributed by atoms with Crippen LogP contribution < -0.4 is 14.8 Å². The van der Waals surface area contributed by atoms with Gasteiger partial charge in [-0.15, -0.1) is 0 Å². The Balaban J connectivity index is 1.96. The highest BCUT2D eigenvalue weighted by atomic mass is 19.1. The molecule has 2 heterocycles. The summed E-state index contributed by atoms with van der Waals surface area (Å²) >= 11 is 0. The fourth-order valence-electron chi connectivity index (χ4n) is 1.66. The van der Waals surface area contributed by atoms with Crippen molar-refractivity contribution in [3.8, 4) is 11.6 Å². The number of methoxy groups -OCH3 is 1. The molecule has 1 aliphatic rings. The van der Waals surface area contributed by atoms with Crippen molar-refractivity contribution in [2.45, 2.75) is 18.7 Å². The smallest absolute Gasteiger partial charge is 0.213 e. The second-order valence-corrected chi connectivity index (χ2v) is 3.70. The number of nitrogens with one attached hydrogen (secondary N) is 1. The standard InChI is InChI=1S/C11H15FN2O2/c1-15-11-3-2-8(6-14-11)16-10-4-5-13-7-9(10)12/h2-3,6,9-10,13H,4-5,7H2,1H3/t9-,10+/m0/s1. The Morgan fingerprint density at radius 2 is 2.38 bits per heavy atom. The van der Waals surface area contributed by atoms with Crippen molar-refractivity contribution >= 4 is 0 Å². The molecule has 1 aromatic heterocycles. The number of hydrogen-bond acceptors (Lipinski definition) is 4. The molecule has 0 unspecified atom stereocenters. The van der Waals surface area contributed by atoms with Crippen molar-refractivity contribution in [2.75, 3.05) is 20.2 Å². The SMILES string of the molecule is COc1ccc(O[C@@H]2CCNC[C@@H]2F)cn1. The van der Waals surface area contributed by atoms with Gasteiger partial charge in [-0.05, 0) is 19.0 Å². The van der Waals surface area contributed by atoms with E-state index in [1.807, 2.05) is 0 Å². The van der Waals surface area contributed by atoms with Gasteiger partial charge in [0.05, 0.1) is 13.3 Å². The van der Waals surface area contributed by atoms with E-state index >= 15 is 0 Å². The molecule has 88 valence electrons. The van der Waals surface area contributed by atoms with Crippen molar-refractivity contribution in [3.05, 3.63) is 18.3 Å². The van der Waals surface area contributed by atoms with Gasteiger partial charge in [-0.1, -0.05) is 0 Å². The molecule has 0 aromatic carbocycles. The van der Waals surface area contributed by atoms with Crippen LogP contribution in [-0.2, 0) is 0 Å². The predicted octanol–water partition coefficient (Wildman–Crippen LogP) is 1.17. The quantitative estimate of drug-likeness (QED) is 0.840. The summed E-state index contributed by atoms with van der Waals surface area (Å²) in [5.74, 6) is 1.10. The summed E-state index contributed by atoms with van der Waals surface area (Å²) in [6.07, 6.45) is 0.883. The van der Waals surface area contributed by atoms with Gasteiger partial charge in [0.25, 0.3) is 0 Å². The van der Waals surface area contributed by atoms with Gasteiger partial charge in [-0.3, -0.25) is 0 Å². The van der Waals surface area contributed by atoms with Gasteiger partial charge in [0, 0.05) is 12.6 Å². The van der Waals surface area contributed by atoms with Crippen molar-refractivity contribution < 1.29 is 13.9 Å². The van der Waals surface area contributed by atoms with E-state index in [4.69, 9.17) is 9.47 Å². The molecular formula is C11H15FN2O2. The number of halogens is 1. The minimum absolute atomic E-state index is 0.355. The molecule has 0 radical (unpaired) electrons. The molecule has 16 heavy (non-hydrogen) atoms. The molecule has 0 aliphatic carbocycles. The lowest BCUT2D eigenvalue weighted by Gasteiger charge is -2.27. The average Bonchev–Trinajstić information content (AvgIpc) is 2.33. The number of nitrogens with zero attached hydrogens (tertiary/aromatic N) is 1. The third-order valence-electron chi connectivity index (χ3n) is 2.55. The number of ether oxygens (including phenoxy) is 2. The summed E-state index contributed by atoms with van der Waals surface area (Å²) in [6, 6.07) is 3.43. The summed E-state index contributed by atoms with van der Waals surface area (Å²) in [5, 5.41) is 2.98. The summed E-state index contributed by atoms with van der Waals surface area (Å²) < 4.78 is 23.9. The minimum atomic E-state index is -0.962. The van der Waals surface area contributed by atoms with Crippen LogP contribution >= 0.6 is 0 Å². The number of hydrogen-bond donors (Lipinski definition) is 1. The zero-order valence-corrected chi connectivity index (χ0v) is 9.15. The van der Waals surface area contributed by atoms with Gasteiger partial charge < -0.3 is 14.8 Å². The summed E-state index contributed by atoms with van der Waals surface area (Å²) in [5.41, 5.74) is 0. The first-order chi connectivity index (χ1) is 7.79. The molecule has 1 aliphatic heterocycles. The highest BCUT2D eigenvalue weighted by molar-refractivity contribution is 5.23. The van der Waals surface area contributed by atoms with Gasteiger partial charge in [0.15, 0.2) is 0 Å². The lowest BCUT2D eigenvalue weighted by atomic mass is 10.1. The molecule has 2 atom stereocenters. The van der Waals surface area contributed by atoms with E-state index in [1.165, 1.54) is 0 Å². The maximum absolute atomic E-state index is 13.4. The van der Waals surface area contributed by atoms with E-state index < -0.39 is 6.17 Å².